The minimum atomic E-state index is -0.476. The highest BCUT2D eigenvalue weighted by molar-refractivity contribution is 7.09. The molecular weight excluding hydrogens is 324 g/mol. The van der Waals surface area contributed by atoms with E-state index >= 15 is 0 Å². The van der Waals surface area contributed by atoms with Crippen LogP contribution in [0.5, 0.6) is 0 Å². The molecule has 1 aromatic heterocycles. The largest absolute Gasteiger partial charge is 0.453 e. The number of thiophene rings is 1. The van der Waals surface area contributed by atoms with Gasteiger partial charge >= 0.3 is 6.09 Å². The molecule has 0 saturated heterocycles. The zero-order valence-corrected chi connectivity index (χ0v) is 14.7. The molecule has 6 nitrogen and oxygen atoms in total. The van der Waals surface area contributed by atoms with Gasteiger partial charge in [-0.15, -0.1) is 11.3 Å². The number of rotatable bonds is 6. The van der Waals surface area contributed by atoms with E-state index in [-0.39, 0.29) is 0 Å². The Bertz CT molecular complexity index is 654. The molecule has 0 saturated carbocycles. The van der Waals surface area contributed by atoms with Crippen molar-refractivity contribution < 1.29 is 9.53 Å². The van der Waals surface area contributed by atoms with Crippen molar-refractivity contribution in [3.63, 3.8) is 0 Å². The van der Waals surface area contributed by atoms with Gasteiger partial charge in [0.1, 0.15) is 0 Å². The number of aliphatic imine (C=N–C) groups is 1. The molecule has 24 heavy (non-hydrogen) atoms. The number of ether oxygens (including phenoxy) is 1. The van der Waals surface area contributed by atoms with E-state index in [4.69, 9.17) is 0 Å². The molecule has 2 aromatic rings. The lowest BCUT2D eigenvalue weighted by molar-refractivity contribution is 0.187. The summed E-state index contributed by atoms with van der Waals surface area (Å²) in [5.74, 6) is 0.767. The third-order valence-corrected chi connectivity index (χ3v) is 4.25. The Morgan fingerprint density at radius 2 is 2.00 bits per heavy atom. The number of carbonyl (C=O) groups excluding carboxylic acids is 1. The highest BCUT2D eigenvalue weighted by Gasteiger charge is 2.02. The smallest absolute Gasteiger partial charge is 0.411 e. The average molecular weight is 346 g/mol. The molecule has 0 fully saturated rings. The molecule has 0 aliphatic rings. The molecule has 0 spiro atoms. The Kier molecular flexibility index (Phi) is 7.10. The fourth-order valence-electron chi connectivity index (χ4n) is 2.04. The van der Waals surface area contributed by atoms with Crippen molar-refractivity contribution in [3.8, 4) is 0 Å². The third-order valence-electron chi connectivity index (χ3n) is 3.31. The first-order chi connectivity index (χ1) is 11.7. The van der Waals surface area contributed by atoms with Gasteiger partial charge in [0.25, 0.3) is 0 Å². The van der Waals surface area contributed by atoms with E-state index in [9.17, 15) is 4.79 Å². The van der Waals surface area contributed by atoms with Crippen LogP contribution >= 0.6 is 11.3 Å². The number of hydrogen-bond donors (Lipinski definition) is 3. The summed E-state index contributed by atoms with van der Waals surface area (Å²) in [4.78, 5) is 16.7. The van der Waals surface area contributed by atoms with E-state index in [2.05, 4.69) is 43.2 Å². The number of nitrogens with zero attached hydrogens (tertiary/aromatic N) is 1. The van der Waals surface area contributed by atoms with Crippen LogP contribution in [0.15, 0.2) is 46.8 Å². The summed E-state index contributed by atoms with van der Waals surface area (Å²) in [6.07, 6.45) is 0.503. The number of methoxy groups -OCH3 is 1. The number of hydrogen-bond acceptors (Lipinski definition) is 4. The fourth-order valence-corrected chi connectivity index (χ4v) is 2.75. The molecule has 0 radical (unpaired) electrons. The highest BCUT2D eigenvalue weighted by Crippen LogP contribution is 2.10. The summed E-state index contributed by atoms with van der Waals surface area (Å²) in [5, 5.41) is 11.3. The molecule has 0 unspecified atom stereocenters. The van der Waals surface area contributed by atoms with Gasteiger partial charge in [-0.3, -0.25) is 10.3 Å². The number of amides is 1. The zero-order chi connectivity index (χ0) is 17.2. The number of anilines is 1. The predicted molar refractivity (Wildman–Crippen MR) is 98.7 cm³/mol. The average Bonchev–Trinajstić information content (AvgIpc) is 3.12. The summed E-state index contributed by atoms with van der Waals surface area (Å²) in [5.41, 5.74) is 1.79. The summed E-state index contributed by atoms with van der Waals surface area (Å²) < 4.78 is 4.56. The second-order valence-corrected chi connectivity index (χ2v) is 6.03. The monoisotopic (exact) mass is 346 g/mol. The Morgan fingerprint density at radius 3 is 2.62 bits per heavy atom. The van der Waals surface area contributed by atoms with Crippen molar-refractivity contribution in [2.24, 2.45) is 4.99 Å². The summed E-state index contributed by atoms with van der Waals surface area (Å²) in [6, 6.07) is 11.7. The minimum absolute atomic E-state index is 0.476. The van der Waals surface area contributed by atoms with Gasteiger partial charge in [-0.2, -0.15) is 0 Å². The molecular formula is C17H22N4O2S. The normalized spacial score (nSPS) is 11.0. The van der Waals surface area contributed by atoms with Crippen LogP contribution in [0.25, 0.3) is 0 Å². The van der Waals surface area contributed by atoms with Gasteiger partial charge in [-0.25, -0.2) is 4.79 Å². The van der Waals surface area contributed by atoms with Gasteiger partial charge < -0.3 is 15.4 Å². The van der Waals surface area contributed by atoms with Crippen molar-refractivity contribution in [3.05, 3.63) is 52.2 Å². The number of carbonyl (C=O) groups is 1. The summed E-state index contributed by atoms with van der Waals surface area (Å²) in [6.45, 7) is 1.49. The molecule has 2 rings (SSSR count). The lowest BCUT2D eigenvalue weighted by atomic mass is 10.2. The minimum Gasteiger partial charge on any atom is -0.453 e. The standard InChI is InChI=1S/C17H22N4O2S/c1-18-16(19-10-9-15-4-3-11-24-15)20-12-13-5-7-14(8-6-13)21-17(22)23-2/h3-8,11H,9-10,12H2,1-2H3,(H,21,22)(H2,18,19,20). The van der Waals surface area contributed by atoms with Crippen LogP contribution in [-0.2, 0) is 17.7 Å². The van der Waals surface area contributed by atoms with Gasteiger partial charge in [-0.1, -0.05) is 18.2 Å². The maximum Gasteiger partial charge on any atom is 0.411 e. The van der Waals surface area contributed by atoms with Crippen molar-refractivity contribution in [1.29, 1.82) is 0 Å². The molecule has 3 N–H and O–H groups in total. The van der Waals surface area contributed by atoms with Crippen molar-refractivity contribution in [1.82, 2.24) is 10.6 Å². The first kappa shape index (κ1) is 17.8. The maximum atomic E-state index is 11.1. The second kappa shape index (κ2) is 9.57. The Labute approximate surface area is 146 Å². The van der Waals surface area contributed by atoms with E-state index in [0.717, 1.165) is 24.5 Å². The Balaban J connectivity index is 1.75. The molecule has 7 heteroatoms. The SMILES string of the molecule is CN=C(NCCc1cccs1)NCc1ccc(NC(=O)OC)cc1. The Morgan fingerprint density at radius 1 is 1.21 bits per heavy atom. The van der Waals surface area contributed by atoms with Crippen LogP contribution in [0.2, 0.25) is 0 Å². The van der Waals surface area contributed by atoms with Crippen LogP contribution in [0.4, 0.5) is 10.5 Å². The molecule has 1 aromatic carbocycles. The second-order valence-electron chi connectivity index (χ2n) is 5.00. The van der Waals surface area contributed by atoms with E-state index in [0.29, 0.717) is 12.2 Å². The number of guanidine groups is 1. The molecule has 0 aliphatic heterocycles. The maximum absolute atomic E-state index is 11.1. The number of nitrogens with one attached hydrogen (secondary N) is 3. The fraction of sp³-hybridized carbons (Fsp3) is 0.294. The van der Waals surface area contributed by atoms with Crippen molar-refractivity contribution >= 4 is 29.1 Å². The van der Waals surface area contributed by atoms with Crippen molar-refractivity contribution in [2.45, 2.75) is 13.0 Å². The van der Waals surface area contributed by atoms with Crippen LogP contribution < -0.4 is 16.0 Å². The van der Waals surface area contributed by atoms with E-state index in [1.807, 2.05) is 24.3 Å². The lowest BCUT2D eigenvalue weighted by Crippen LogP contribution is -2.37. The quantitative estimate of drug-likeness (QED) is 0.555. The first-order valence-electron chi connectivity index (χ1n) is 7.62. The first-order valence-corrected chi connectivity index (χ1v) is 8.50. The molecule has 0 bridgehead atoms. The van der Waals surface area contributed by atoms with Gasteiger partial charge in [-0.05, 0) is 35.6 Å². The van der Waals surface area contributed by atoms with Crippen LogP contribution in [0, 0.1) is 0 Å². The van der Waals surface area contributed by atoms with Crippen molar-refractivity contribution in [2.75, 3.05) is 26.0 Å². The van der Waals surface area contributed by atoms with Gasteiger partial charge in [0, 0.05) is 30.7 Å². The van der Waals surface area contributed by atoms with Crippen LogP contribution in [0.3, 0.4) is 0 Å². The molecule has 1 amide bonds. The predicted octanol–water partition coefficient (Wildman–Crippen LogP) is 2.83. The van der Waals surface area contributed by atoms with Gasteiger partial charge in [0.2, 0.25) is 0 Å². The van der Waals surface area contributed by atoms with Gasteiger partial charge in [0.05, 0.1) is 7.11 Å². The molecule has 128 valence electrons. The molecule has 1 heterocycles. The summed E-state index contributed by atoms with van der Waals surface area (Å²) in [7, 11) is 3.09. The third kappa shape index (κ3) is 5.92. The Hall–Kier alpha value is -2.54. The van der Waals surface area contributed by atoms with Crippen LogP contribution in [0.1, 0.15) is 10.4 Å². The van der Waals surface area contributed by atoms with E-state index in [1.165, 1.54) is 12.0 Å². The highest BCUT2D eigenvalue weighted by atomic mass is 32.1. The lowest BCUT2D eigenvalue weighted by Gasteiger charge is -2.12. The van der Waals surface area contributed by atoms with E-state index < -0.39 is 6.09 Å². The van der Waals surface area contributed by atoms with Crippen LogP contribution in [-0.4, -0.2) is 32.8 Å². The topological polar surface area (TPSA) is 74.8 Å². The summed E-state index contributed by atoms with van der Waals surface area (Å²) >= 11 is 1.76. The molecule has 0 aliphatic carbocycles. The van der Waals surface area contributed by atoms with E-state index in [1.54, 1.807) is 18.4 Å². The molecule has 0 atom stereocenters. The zero-order valence-electron chi connectivity index (χ0n) is 13.8. The number of benzene rings is 1. The van der Waals surface area contributed by atoms with Gasteiger partial charge in [0.15, 0.2) is 5.96 Å².